The van der Waals surface area contributed by atoms with Gasteiger partial charge in [0.1, 0.15) is 0 Å². The fourth-order valence-electron chi connectivity index (χ4n) is 4.43. The van der Waals surface area contributed by atoms with Crippen LogP contribution in [0.15, 0.2) is 30.3 Å². The number of allylic oxidation sites excluding steroid dienone is 1. The predicted molar refractivity (Wildman–Crippen MR) is 126 cm³/mol. The molecule has 1 N–H and O–H groups in total. The predicted octanol–water partition coefficient (Wildman–Crippen LogP) is 7.07. The minimum atomic E-state index is -1.69. The molecule has 0 saturated carbocycles. The molecule has 3 heteroatoms. The number of rotatable bonds is 9. The summed E-state index contributed by atoms with van der Waals surface area (Å²) in [5.74, 6) is 0.588. The summed E-state index contributed by atoms with van der Waals surface area (Å²) >= 11 is 0. The molecule has 1 aliphatic rings. The zero-order valence-electron chi connectivity index (χ0n) is 19.6. The second-order valence-electron chi connectivity index (χ2n) is 10.9. The minimum Gasteiger partial charge on any atom is -0.376 e. The zero-order chi connectivity index (χ0) is 21.0. The van der Waals surface area contributed by atoms with Crippen molar-refractivity contribution in [3.63, 3.8) is 0 Å². The van der Waals surface area contributed by atoms with Gasteiger partial charge < -0.3 is 9.72 Å². The molecular weight excluding hydrogens is 358 g/mol. The molecule has 158 valence electrons. The lowest BCUT2D eigenvalue weighted by atomic mass is 9.95. The van der Waals surface area contributed by atoms with Crippen LogP contribution in [0.5, 0.6) is 0 Å². The second-order valence-corrected chi connectivity index (χ2v) is 15.0. The van der Waals surface area contributed by atoms with Crippen LogP contribution < -0.4 is 4.98 Å². The normalized spacial score (nSPS) is 17.6. The van der Waals surface area contributed by atoms with E-state index in [4.69, 9.17) is 4.74 Å². The molecule has 28 heavy (non-hydrogen) atoms. The quantitative estimate of drug-likeness (QED) is 0.353. The van der Waals surface area contributed by atoms with Crippen LogP contribution in [0.2, 0.25) is 13.1 Å². The molecule has 0 heterocycles. The van der Waals surface area contributed by atoms with Crippen molar-refractivity contribution in [3.05, 3.63) is 41.5 Å². The first-order chi connectivity index (χ1) is 12.9. The van der Waals surface area contributed by atoms with Crippen molar-refractivity contribution < 1.29 is 4.74 Å². The Morgan fingerprint density at radius 3 is 2.21 bits per heavy atom. The highest BCUT2D eigenvalue weighted by atomic mass is 28.3. The molecule has 1 aromatic carbocycles. The van der Waals surface area contributed by atoms with E-state index in [0.717, 1.165) is 6.61 Å². The highest BCUT2D eigenvalue weighted by Gasteiger charge is 2.36. The third kappa shape index (κ3) is 7.17. The lowest BCUT2D eigenvalue weighted by Gasteiger charge is -2.34. The fourth-order valence-corrected chi connectivity index (χ4v) is 7.96. The number of unbranched alkanes of at least 4 members (excludes halogenated alkanes) is 3. The van der Waals surface area contributed by atoms with Crippen molar-refractivity contribution >= 4 is 13.4 Å². The molecule has 0 saturated heterocycles. The monoisotopic (exact) mass is 401 g/mol. The lowest BCUT2D eigenvalue weighted by molar-refractivity contribution is -0.00475. The van der Waals surface area contributed by atoms with Gasteiger partial charge in [0, 0.05) is 18.1 Å². The van der Waals surface area contributed by atoms with Gasteiger partial charge in [-0.25, -0.2) is 0 Å². The van der Waals surface area contributed by atoms with E-state index in [1.807, 2.05) is 0 Å². The summed E-state index contributed by atoms with van der Waals surface area (Å²) in [5.41, 5.74) is 3.19. The molecule has 0 fully saturated rings. The third-order valence-corrected chi connectivity index (χ3v) is 8.48. The standard InChI is InChI=1S/C25H43NOSi/c1-24(2,3)26-28(7,8)23-19-20(21-16-12-13-17-22(21)23)15-11-9-10-14-18-27-25(4,5)6/h12-13,16-17,19-20,26H,9-11,14-15,18H2,1-8H3. The van der Waals surface area contributed by atoms with Gasteiger partial charge >= 0.3 is 0 Å². The van der Waals surface area contributed by atoms with Crippen LogP contribution in [0.3, 0.4) is 0 Å². The van der Waals surface area contributed by atoms with Gasteiger partial charge in [0.05, 0.1) is 5.60 Å². The van der Waals surface area contributed by atoms with E-state index in [9.17, 15) is 0 Å². The van der Waals surface area contributed by atoms with Gasteiger partial charge in [-0.3, -0.25) is 0 Å². The number of nitrogens with one attached hydrogen (secondary N) is 1. The third-order valence-electron chi connectivity index (χ3n) is 5.32. The Labute approximate surface area is 175 Å². The maximum Gasteiger partial charge on any atom is 0.152 e. The number of hydrogen-bond acceptors (Lipinski definition) is 2. The topological polar surface area (TPSA) is 21.3 Å². The van der Waals surface area contributed by atoms with Crippen molar-refractivity contribution in [2.75, 3.05) is 6.61 Å². The second kappa shape index (κ2) is 9.28. The zero-order valence-corrected chi connectivity index (χ0v) is 20.6. The average Bonchev–Trinajstić information content (AvgIpc) is 2.91. The number of fused-ring (bicyclic) bond motifs is 1. The van der Waals surface area contributed by atoms with Gasteiger partial charge in [0.2, 0.25) is 0 Å². The van der Waals surface area contributed by atoms with Gasteiger partial charge in [-0.1, -0.05) is 62.7 Å². The van der Waals surface area contributed by atoms with E-state index in [2.05, 4.69) is 90.0 Å². The van der Waals surface area contributed by atoms with Gasteiger partial charge in [0.25, 0.3) is 0 Å². The van der Waals surface area contributed by atoms with Crippen LogP contribution in [0.1, 0.15) is 90.7 Å². The van der Waals surface area contributed by atoms with Gasteiger partial charge in [-0.15, -0.1) is 0 Å². The van der Waals surface area contributed by atoms with Crippen molar-refractivity contribution in [2.45, 2.75) is 104 Å². The smallest absolute Gasteiger partial charge is 0.152 e. The van der Waals surface area contributed by atoms with Crippen LogP contribution >= 0.6 is 0 Å². The van der Waals surface area contributed by atoms with Crippen LogP contribution in [0.4, 0.5) is 0 Å². The molecule has 2 nitrogen and oxygen atoms in total. The number of ether oxygens (including phenoxy) is 1. The molecule has 0 spiro atoms. The van der Waals surface area contributed by atoms with Crippen molar-refractivity contribution in [1.29, 1.82) is 0 Å². The molecule has 1 atom stereocenters. The molecule has 0 aromatic heterocycles. The number of hydrogen-bond donors (Lipinski definition) is 1. The Hall–Kier alpha value is -0.903. The summed E-state index contributed by atoms with van der Waals surface area (Å²) in [7, 11) is -1.69. The first kappa shape index (κ1) is 23.4. The minimum absolute atomic E-state index is 0.00741. The van der Waals surface area contributed by atoms with Gasteiger partial charge in [0.15, 0.2) is 8.24 Å². The molecule has 1 aliphatic carbocycles. The van der Waals surface area contributed by atoms with Crippen molar-refractivity contribution in [3.8, 4) is 0 Å². The molecule has 0 amide bonds. The molecule has 1 unspecified atom stereocenters. The Balaban J connectivity index is 1.93. The SMILES string of the molecule is CC(C)(C)N[Si](C)(C)C1=CC(CCCCCCOC(C)(C)C)c2ccccc21. The van der Waals surface area contributed by atoms with E-state index in [0.29, 0.717) is 5.92 Å². The Morgan fingerprint density at radius 2 is 1.57 bits per heavy atom. The Kier molecular flexibility index (Phi) is 7.74. The highest BCUT2D eigenvalue weighted by molar-refractivity contribution is 6.93. The van der Waals surface area contributed by atoms with Crippen LogP contribution in [0, 0.1) is 0 Å². The highest BCUT2D eigenvalue weighted by Crippen LogP contribution is 2.42. The maximum absolute atomic E-state index is 5.84. The average molecular weight is 402 g/mol. The maximum atomic E-state index is 5.84. The van der Waals surface area contributed by atoms with E-state index in [1.165, 1.54) is 37.7 Å². The summed E-state index contributed by atoms with van der Waals surface area (Å²) in [6.45, 7) is 19.0. The first-order valence-corrected chi connectivity index (χ1v) is 14.1. The van der Waals surface area contributed by atoms with E-state index in [1.54, 1.807) is 10.8 Å². The van der Waals surface area contributed by atoms with Crippen molar-refractivity contribution in [2.24, 2.45) is 0 Å². The van der Waals surface area contributed by atoms with E-state index < -0.39 is 8.24 Å². The van der Waals surface area contributed by atoms with Crippen LogP contribution in [-0.4, -0.2) is 26.0 Å². The Morgan fingerprint density at radius 1 is 0.929 bits per heavy atom. The van der Waals surface area contributed by atoms with E-state index >= 15 is 0 Å². The summed E-state index contributed by atoms with van der Waals surface area (Å²) in [4.78, 5) is 3.96. The number of benzene rings is 1. The molecule has 2 rings (SSSR count). The van der Waals surface area contributed by atoms with Crippen LogP contribution in [0.25, 0.3) is 5.20 Å². The molecular formula is C25H43NOSi. The lowest BCUT2D eigenvalue weighted by Crippen LogP contribution is -2.55. The fraction of sp³-hybridized carbons (Fsp3) is 0.680. The van der Waals surface area contributed by atoms with E-state index in [-0.39, 0.29) is 11.1 Å². The summed E-state index contributed by atoms with van der Waals surface area (Å²) in [5, 5.41) is 1.60. The van der Waals surface area contributed by atoms with Gasteiger partial charge in [-0.2, -0.15) is 0 Å². The molecule has 0 bridgehead atoms. The Bertz CT molecular complexity index is 664. The largest absolute Gasteiger partial charge is 0.376 e. The van der Waals surface area contributed by atoms with Gasteiger partial charge in [-0.05, 0) is 70.7 Å². The first-order valence-electron chi connectivity index (χ1n) is 11.1. The summed E-state index contributed by atoms with van der Waals surface area (Å²) in [6.07, 6.45) is 8.91. The molecule has 1 aromatic rings. The molecule has 0 aliphatic heterocycles. The summed E-state index contributed by atoms with van der Waals surface area (Å²) < 4.78 is 5.84. The van der Waals surface area contributed by atoms with Crippen LogP contribution in [-0.2, 0) is 4.74 Å². The van der Waals surface area contributed by atoms with Crippen molar-refractivity contribution in [1.82, 2.24) is 4.98 Å². The summed E-state index contributed by atoms with van der Waals surface area (Å²) in [6, 6.07) is 9.09. The molecule has 0 radical (unpaired) electrons.